The number of phenols is 1. The molecule has 272 valence electrons. The number of nitrogens with zero attached hydrogens (tertiary/aromatic N) is 1. The number of unbranched alkanes of at least 4 members (excludes halogenated alkanes) is 3. The van der Waals surface area contributed by atoms with Gasteiger partial charge in [0.25, 0.3) is 0 Å². The third-order valence-corrected chi connectivity index (χ3v) is 8.19. The van der Waals surface area contributed by atoms with Crippen LogP contribution in [-0.2, 0) is 30.3 Å². The van der Waals surface area contributed by atoms with Gasteiger partial charge in [-0.2, -0.15) is 11.8 Å². The number of ether oxygens (including phenoxy) is 2. The molecule has 3 unspecified atom stereocenters. The highest BCUT2D eigenvalue weighted by atomic mass is 32.2. The molecule has 49 heavy (non-hydrogen) atoms. The topological polar surface area (TPSA) is 134 Å². The number of esters is 1. The Labute approximate surface area is 297 Å². The number of hydrogen-bond donors (Lipinski definition) is 3. The van der Waals surface area contributed by atoms with Gasteiger partial charge in [-0.1, -0.05) is 74.7 Å². The van der Waals surface area contributed by atoms with Crippen molar-refractivity contribution >= 4 is 35.6 Å². The largest absolute Gasteiger partial charge is 0.507 e. The van der Waals surface area contributed by atoms with Crippen molar-refractivity contribution in [1.29, 1.82) is 0 Å². The zero-order valence-electron chi connectivity index (χ0n) is 30.8. The number of thioether (sulfide) groups is 1. The Morgan fingerprint density at radius 2 is 1.51 bits per heavy atom. The van der Waals surface area contributed by atoms with E-state index in [1.165, 1.54) is 16.7 Å². The summed E-state index contributed by atoms with van der Waals surface area (Å²) in [5.41, 5.74) is -0.0658. The molecular formula is C38H57N3O7S. The van der Waals surface area contributed by atoms with E-state index in [0.29, 0.717) is 17.7 Å². The van der Waals surface area contributed by atoms with Gasteiger partial charge >= 0.3 is 12.1 Å². The van der Waals surface area contributed by atoms with Gasteiger partial charge in [-0.15, -0.1) is 0 Å². The Kier molecular flexibility index (Phi) is 16.5. The summed E-state index contributed by atoms with van der Waals surface area (Å²) >= 11 is 1.52. The third kappa shape index (κ3) is 14.3. The molecule has 0 heterocycles. The fourth-order valence-electron chi connectivity index (χ4n) is 5.24. The van der Waals surface area contributed by atoms with Crippen LogP contribution in [0.5, 0.6) is 5.75 Å². The maximum Gasteiger partial charge on any atom is 0.408 e. The van der Waals surface area contributed by atoms with E-state index >= 15 is 0 Å². The highest BCUT2D eigenvalue weighted by Gasteiger charge is 2.39. The fraction of sp³-hybridized carbons (Fsp3) is 0.579. The number of carbonyl (C=O) groups excluding carboxylic acids is 4. The van der Waals surface area contributed by atoms with Gasteiger partial charge in [0.05, 0.1) is 0 Å². The van der Waals surface area contributed by atoms with Crippen LogP contribution in [0.1, 0.15) is 103 Å². The number of amides is 3. The van der Waals surface area contributed by atoms with Crippen molar-refractivity contribution in [2.24, 2.45) is 0 Å². The molecule has 2 rings (SSSR count). The number of aromatic hydroxyl groups is 1. The lowest BCUT2D eigenvalue weighted by Gasteiger charge is -2.36. The van der Waals surface area contributed by atoms with E-state index in [1.54, 1.807) is 66.7 Å². The van der Waals surface area contributed by atoms with Crippen LogP contribution in [0.15, 0.2) is 48.5 Å². The second kappa shape index (κ2) is 19.5. The summed E-state index contributed by atoms with van der Waals surface area (Å²) in [6.45, 7) is 14.4. The zero-order valence-corrected chi connectivity index (χ0v) is 31.6. The van der Waals surface area contributed by atoms with Gasteiger partial charge in [0, 0.05) is 18.5 Å². The van der Waals surface area contributed by atoms with Crippen molar-refractivity contribution in [3.8, 4) is 5.75 Å². The quantitative estimate of drug-likeness (QED) is 0.120. The van der Waals surface area contributed by atoms with E-state index in [1.807, 2.05) is 36.6 Å². The van der Waals surface area contributed by atoms with Gasteiger partial charge in [-0.05, 0) is 84.4 Å². The molecule has 0 saturated heterocycles. The van der Waals surface area contributed by atoms with Gasteiger partial charge in [-0.3, -0.25) is 9.59 Å². The minimum Gasteiger partial charge on any atom is -0.507 e. The summed E-state index contributed by atoms with van der Waals surface area (Å²) in [6.07, 6.45) is 4.87. The fourth-order valence-corrected chi connectivity index (χ4v) is 5.71. The molecule has 0 aromatic heterocycles. The first-order valence-electron chi connectivity index (χ1n) is 17.1. The first kappa shape index (κ1) is 41.4. The van der Waals surface area contributed by atoms with Crippen LogP contribution in [0.2, 0.25) is 0 Å². The van der Waals surface area contributed by atoms with Gasteiger partial charge < -0.3 is 30.1 Å². The Morgan fingerprint density at radius 3 is 2.10 bits per heavy atom. The van der Waals surface area contributed by atoms with Crippen LogP contribution < -0.4 is 10.6 Å². The number of aryl methyl sites for hydroxylation is 1. The van der Waals surface area contributed by atoms with Gasteiger partial charge in [0.15, 0.2) is 0 Å². The molecular weight excluding hydrogens is 642 g/mol. The number of alkyl carbamates (subject to hydrolysis) is 1. The highest BCUT2D eigenvalue weighted by molar-refractivity contribution is 7.98. The van der Waals surface area contributed by atoms with E-state index < -0.39 is 53.2 Å². The van der Waals surface area contributed by atoms with Crippen molar-refractivity contribution in [3.63, 3.8) is 0 Å². The van der Waals surface area contributed by atoms with E-state index in [-0.39, 0.29) is 30.7 Å². The van der Waals surface area contributed by atoms with Gasteiger partial charge in [0.1, 0.15) is 35.1 Å². The summed E-state index contributed by atoms with van der Waals surface area (Å²) in [6, 6.07) is 10.9. The van der Waals surface area contributed by atoms with Crippen LogP contribution in [0.4, 0.5) is 4.79 Å². The molecule has 0 saturated carbocycles. The Hall–Kier alpha value is -3.73. The standard InChI is InChI=1S/C38H57N3O7S/c1-10-11-12-16-23-41(34(44)29(22-24-49-9)40-36(46)48-38(6,7)8)31(28-21-17-18-26(2)32(28)42)33(43)39-30(35(45)47-37(3,4)5)25-27-19-14-13-15-20-27/h13-15,17-21,29-31,42H,10-12,16,22-25H2,1-9H3,(H,39,43)(H,40,46). The van der Waals surface area contributed by atoms with E-state index in [9.17, 15) is 24.3 Å². The smallest absolute Gasteiger partial charge is 0.408 e. The molecule has 0 radical (unpaired) electrons. The van der Waals surface area contributed by atoms with Crippen molar-refractivity contribution in [1.82, 2.24) is 15.5 Å². The summed E-state index contributed by atoms with van der Waals surface area (Å²) in [5.74, 6) is -1.35. The maximum absolute atomic E-state index is 14.6. The molecule has 10 nitrogen and oxygen atoms in total. The predicted molar refractivity (Wildman–Crippen MR) is 196 cm³/mol. The molecule has 0 bridgehead atoms. The van der Waals surface area contributed by atoms with Crippen LogP contribution in [0.25, 0.3) is 0 Å². The van der Waals surface area contributed by atoms with Crippen LogP contribution in [-0.4, -0.2) is 75.7 Å². The summed E-state index contributed by atoms with van der Waals surface area (Å²) < 4.78 is 11.2. The molecule has 3 amide bonds. The number of benzene rings is 2. The molecule has 2 aromatic rings. The zero-order chi connectivity index (χ0) is 36.8. The number of phenolic OH excluding ortho intramolecular Hbond substituents is 1. The lowest BCUT2D eigenvalue weighted by atomic mass is 9.97. The van der Waals surface area contributed by atoms with Crippen molar-refractivity contribution in [3.05, 3.63) is 65.2 Å². The predicted octanol–water partition coefficient (Wildman–Crippen LogP) is 6.87. The van der Waals surface area contributed by atoms with Gasteiger partial charge in [-0.25, -0.2) is 9.59 Å². The Bertz CT molecular complexity index is 1370. The number of carbonyl (C=O) groups is 4. The SMILES string of the molecule is CCCCCCN(C(=O)C(CCSC)NC(=O)OC(C)(C)C)C(C(=O)NC(Cc1ccccc1)C(=O)OC(C)(C)C)c1cccc(C)c1O. The summed E-state index contributed by atoms with van der Waals surface area (Å²) in [7, 11) is 0. The molecule has 0 aliphatic carbocycles. The summed E-state index contributed by atoms with van der Waals surface area (Å²) in [4.78, 5) is 57.2. The molecule has 3 N–H and O–H groups in total. The molecule has 0 fully saturated rings. The normalized spacial score (nSPS) is 13.5. The first-order chi connectivity index (χ1) is 23.0. The van der Waals surface area contributed by atoms with Crippen LogP contribution in [0.3, 0.4) is 0 Å². The molecule has 0 spiro atoms. The number of nitrogens with one attached hydrogen (secondary N) is 2. The van der Waals surface area contributed by atoms with Gasteiger partial charge in [0.2, 0.25) is 11.8 Å². The third-order valence-electron chi connectivity index (χ3n) is 7.55. The van der Waals surface area contributed by atoms with Crippen LogP contribution in [0, 0.1) is 6.92 Å². The highest BCUT2D eigenvalue weighted by Crippen LogP contribution is 2.33. The van der Waals surface area contributed by atoms with Crippen LogP contribution >= 0.6 is 11.8 Å². The first-order valence-corrected chi connectivity index (χ1v) is 18.5. The molecule has 0 aliphatic heterocycles. The second-order valence-corrected chi connectivity index (χ2v) is 15.3. The molecule has 11 heteroatoms. The minimum absolute atomic E-state index is 0.133. The summed E-state index contributed by atoms with van der Waals surface area (Å²) in [5, 5.41) is 17.0. The van der Waals surface area contributed by atoms with E-state index in [4.69, 9.17) is 9.47 Å². The van der Waals surface area contributed by atoms with Crippen molar-refractivity contribution < 1.29 is 33.8 Å². The van der Waals surface area contributed by atoms with E-state index in [0.717, 1.165) is 24.8 Å². The lowest BCUT2D eigenvalue weighted by molar-refractivity contribution is -0.159. The number of para-hydroxylation sites is 1. The lowest BCUT2D eigenvalue weighted by Crippen LogP contribution is -2.55. The average Bonchev–Trinajstić information content (AvgIpc) is 3.00. The maximum atomic E-state index is 14.6. The second-order valence-electron chi connectivity index (χ2n) is 14.3. The average molecular weight is 700 g/mol. The van der Waals surface area contributed by atoms with Crippen molar-refractivity contribution in [2.45, 2.75) is 123 Å². The van der Waals surface area contributed by atoms with E-state index in [2.05, 4.69) is 17.6 Å². The molecule has 3 atom stereocenters. The monoisotopic (exact) mass is 699 g/mol. The van der Waals surface area contributed by atoms with Crippen molar-refractivity contribution in [2.75, 3.05) is 18.6 Å². The number of hydrogen-bond acceptors (Lipinski definition) is 8. The molecule has 0 aliphatic rings. The Morgan fingerprint density at radius 1 is 0.857 bits per heavy atom. The Balaban J connectivity index is 2.68. The number of rotatable bonds is 17. The minimum atomic E-state index is -1.33. The molecule has 2 aromatic carbocycles.